The highest BCUT2D eigenvalue weighted by Gasteiger charge is 2.62. The summed E-state index contributed by atoms with van der Waals surface area (Å²) in [7, 11) is -3.08. The second-order valence-electron chi connectivity index (χ2n) is 7.79. The van der Waals surface area contributed by atoms with E-state index < -0.39 is 9.84 Å². The third-order valence-corrected chi connectivity index (χ3v) is 7.61. The van der Waals surface area contributed by atoms with E-state index in [-0.39, 0.29) is 45.2 Å². The Morgan fingerprint density at radius 1 is 1.27 bits per heavy atom. The number of carbonyl (C=O) groups excluding carboxylic acids is 1. The molecule has 1 saturated heterocycles. The van der Waals surface area contributed by atoms with Crippen molar-refractivity contribution >= 4 is 38.9 Å². The fourth-order valence-corrected chi connectivity index (χ4v) is 5.97. The first-order valence-corrected chi connectivity index (χ1v) is 11.3. The summed E-state index contributed by atoms with van der Waals surface area (Å²) in [6.45, 7) is 4.44. The van der Waals surface area contributed by atoms with E-state index in [1.54, 1.807) is 11.0 Å². The molecule has 1 aliphatic carbocycles. The quantitative estimate of drug-likeness (QED) is 0.734. The Balaban J connectivity index is 1.86. The van der Waals surface area contributed by atoms with Gasteiger partial charge in [-0.2, -0.15) is 0 Å². The van der Waals surface area contributed by atoms with E-state index >= 15 is 0 Å². The summed E-state index contributed by atoms with van der Waals surface area (Å²) in [5, 5.41) is 0. The van der Waals surface area contributed by atoms with Crippen molar-refractivity contribution in [1.29, 1.82) is 0 Å². The molecule has 7 heteroatoms. The van der Waals surface area contributed by atoms with Crippen LogP contribution < -0.4 is 0 Å². The Morgan fingerprint density at radius 2 is 1.92 bits per heavy atom. The van der Waals surface area contributed by atoms with Crippen LogP contribution in [-0.4, -0.2) is 36.8 Å². The Bertz CT molecular complexity index is 816. The lowest BCUT2D eigenvalue weighted by Gasteiger charge is -2.29. The van der Waals surface area contributed by atoms with Gasteiger partial charge < -0.3 is 4.90 Å². The molecule has 1 aliphatic heterocycles. The van der Waals surface area contributed by atoms with Crippen LogP contribution in [0.4, 0.5) is 0 Å². The molecule has 2 aliphatic rings. The molecule has 2 fully saturated rings. The second-order valence-corrected chi connectivity index (χ2v) is 11.0. The van der Waals surface area contributed by atoms with E-state index in [9.17, 15) is 13.2 Å². The Hall–Kier alpha value is -1.04. The van der Waals surface area contributed by atoms with Crippen molar-refractivity contribution in [3.8, 4) is 0 Å². The highest BCUT2D eigenvalue weighted by atomic mass is 35.5. The average Bonchev–Trinajstić information content (AvgIpc) is 2.89. The van der Waals surface area contributed by atoms with E-state index in [0.717, 1.165) is 5.56 Å². The molecule has 1 amide bonds. The van der Waals surface area contributed by atoms with Gasteiger partial charge in [0.05, 0.1) is 17.4 Å². The summed E-state index contributed by atoms with van der Waals surface area (Å²) in [6, 6.07) is 9.39. The normalized spacial score (nSPS) is 28.4. The number of hydrogen-bond acceptors (Lipinski definition) is 3. The summed E-state index contributed by atoms with van der Waals surface area (Å²) in [4.78, 5) is 15.1. The summed E-state index contributed by atoms with van der Waals surface area (Å²) in [6.07, 6.45) is 2.21. The van der Waals surface area contributed by atoms with Gasteiger partial charge in [0.25, 0.3) is 0 Å². The molecule has 0 N–H and O–H groups in total. The second kappa shape index (κ2) is 7.17. The maximum absolute atomic E-state index is 13.3. The number of nitrogens with zero attached hydrogens (tertiary/aromatic N) is 1. The maximum atomic E-state index is 13.3. The molecule has 1 heterocycles. The molecule has 1 aromatic rings. The van der Waals surface area contributed by atoms with Gasteiger partial charge in [0.1, 0.15) is 4.49 Å². The molecule has 3 atom stereocenters. The maximum Gasteiger partial charge on any atom is 0.227 e. The van der Waals surface area contributed by atoms with Crippen LogP contribution in [0.15, 0.2) is 40.9 Å². The monoisotopic (exact) mass is 415 g/mol. The van der Waals surface area contributed by atoms with Crippen molar-refractivity contribution in [3.05, 3.63) is 46.5 Å². The van der Waals surface area contributed by atoms with Crippen LogP contribution in [0.1, 0.15) is 25.8 Å². The van der Waals surface area contributed by atoms with E-state index in [4.69, 9.17) is 23.2 Å². The van der Waals surface area contributed by atoms with E-state index in [2.05, 4.69) is 0 Å². The zero-order chi connectivity index (χ0) is 19.1. The molecule has 0 radical (unpaired) electrons. The van der Waals surface area contributed by atoms with Gasteiger partial charge in [0.2, 0.25) is 5.91 Å². The lowest BCUT2D eigenvalue weighted by molar-refractivity contribution is -0.136. The van der Waals surface area contributed by atoms with Crippen LogP contribution in [0.2, 0.25) is 0 Å². The molecular weight excluding hydrogens is 393 g/mol. The number of allylic oxidation sites excluding steroid dienone is 1. The van der Waals surface area contributed by atoms with Crippen molar-refractivity contribution in [2.24, 2.45) is 17.3 Å². The molecule has 3 unspecified atom stereocenters. The van der Waals surface area contributed by atoms with Gasteiger partial charge in [-0.15, -0.1) is 0 Å². The van der Waals surface area contributed by atoms with Gasteiger partial charge in [-0.1, -0.05) is 67.4 Å². The smallest absolute Gasteiger partial charge is 0.227 e. The molecular formula is C19H23Cl2NO3S. The zero-order valence-corrected chi connectivity index (χ0v) is 17.2. The number of carbonyl (C=O) groups is 1. The minimum absolute atomic E-state index is 0.0169. The SMILES string of the molecule is CC1(C)C(C=C(Cl)Cl)C1C(=O)N(Cc1ccccc1)C1CCS(=O)(=O)C1. The van der Waals surface area contributed by atoms with Crippen LogP contribution in [0.3, 0.4) is 0 Å². The van der Waals surface area contributed by atoms with Gasteiger partial charge in [-0.3, -0.25) is 4.79 Å². The lowest BCUT2D eigenvalue weighted by atomic mass is 10.1. The molecule has 26 heavy (non-hydrogen) atoms. The molecule has 0 bridgehead atoms. The molecule has 1 saturated carbocycles. The Labute approximate surface area is 165 Å². The summed E-state index contributed by atoms with van der Waals surface area (Å²) in [5.74, 6) is -0.105. The minimum Gasteiger partial charge on any atom is -0.334 e. The number of amides is 1. The molecule has 3 rings (SSSR count). The largest absolute Gasteiger partial charge is 0.334 e. The van der Waals surface area contributed by atoms with Gasteiger partial charge in [-0.25, -0.2) is 8.42 Å². The predicted octanol–water partition coefficient (Wildman–Crippen LogP) is 3.79. The molecule has 4 nitrogen and oxygen atoms in total. The van der Waals surface area contributed by atoms with Crippen molar-refractivity contribution in [1.82, 2.24) is 4.90 Å². The van der Waals surface area contributed by atoms with Crippen molar-refractivity contribution < 1.29 is 13.2 Å². The Morgan fingerprint density at radius 3 is 2.46 bits per heavy atom. The summed E-state index contributed by atoms with van der Waals surface area (Å²) in [5.41, 5.74) is 0.754. The van der Waals surface area contributed by atoms with Crippen LogP contribution in [-0.2, 0) is 21.2 Å². The molecule has 142 valence electrons. The highest BCUT2D eigenvalue weighted by molar-refractivity contribution is 7.91. The van der Waals surface area contributed by atoms with E-state index in [0.29, 0.717) is 13.0 Å². The Kier molecular flexibility index (Phi) is 5.44. The molecule has 0 aromatic heterocycles. The van der Waals surface area contributed by atoms with Gasteiger partial charge in [0.15, 0.2) is 9.84 Å². The number of sulfone groups is 1. The standard InChI is InChI=1S/C19H23Cl2NO3S/c1-19(2)15(10-16(20)21)17(19)18(23)22(11-13-6-4-3-5-7-13)14-8-9-26(24,25)12-14/h3-7,10,14-15,17H,8-9,11-12H2,1-2H3. The first-order chi connectivity index (χ1) is 12.1. The van der Waals surface area contributed by atoms with Crippen molar-refractivity contribution in [2.75, 3.05) is 11.5 Å². The highest BCUT2D eigenvalue weighted by Crippen LogP contribution is 2.60. The molecule has 1 aromatic carbocycles. The number of benzene rings is 1. The van der Waals surface area contributed by atoms with Crippen LogP contribution in [0.25, 0.3) is 0 Å². The third kappa shape index (κ3) is 4.10. The number of hydrogen-bond donors (Lipinski definition) is 0. The van der Waals surface area contributed by atoms with Crippen molar-refractivity contribution in [3.63, 3.8) is 0 Å². The summed E-state index contributed by atoms with van der Waals surface area (Å²) < 4.78 is 24.1. The minimum atomic E-state index is -3.08. The van der Waals surface area contributed by atoms with Crippen LogP contribution in [0, 0.1) is 17.3 Å². The van der Waals surface area contributed by atoms with Crippen LogP contribution in [0.5, 0.6) is 0 Å². The summed E-state index contributed by atoms with van der Waals surface area (Å²) >= 11 is 11.6. The van der Waals surface area contributed by atoms with Gasteiger partial charge >= 0.3 is 0 Å². The van der Waals surface area contributed by atoms with Gasteiger partial charge in [0, 0.05) is 12.6 Å². The zero-order valence-electron chi connectivity index (χ0n) is 14.9. The molecule has 0 spiro atoms. The average molecular weight is 416 g/mol. The van der Waals surface area contributed by atoms with E-state index in [1.165, 1.54) is 0 Å². The predicted molar refractivity (Wildman–Crippen MR) is 105 cm³/mol. The first-order valence-electron chi connectivity index (χ1n) is 8.69. The topological polar surface area (TPSA) is 54.5 Å². The van der Waals surface area contributed by atoms with Gasteiger partial charge in [-0.05, 0) is 29.4 Å². The lowest BCUT2D eigenvalue weighted by Crippen LogP contribution is -2.42. The fourth-order valence-electron chi connectivity index (χ4n) is 3.96. The van der Waals surface area contributed by atoms with E-state index in [1.807, 2.05) is 44.2 Å². The fraction of sp³-hybridized carbons (Fsp3) is 0.526. The number of rotatable bonds is 5. The first kappa shape index (κ1) is 19.7. The van der Waals surface area contributed by atoms with Crippen LogP contribution >= 0.6 is 23.2 Å². The number of halogens is 2. The van der Waals surface area contributed by atoms with Crippen molar-refractivity contribution in [2.45, 2.75) is 32.9 Å². The third-order valence-electron chi connectivity index (χ3n) is 5.61.